The highest BCUT2D eigenvalue weighted by Crippen LogP contribution is 2.19. The molecule has 2 aromatic heterocycles. The minimum Gasteiger partial charge on any atom is -0.309 e. The van der Waals surface area contributed by atoms with Gasteiger partial charge in [-0.3, -0.25) is 0 Å². The highest BCUT2D eigenvalue weighted by atomic mass is 15.6. The number of pyridine rings is 1. The van der Waals surface area contributed by atoms with Crippen LogP contribution in [0.25, 0.3) is 11.0 Å². The Balaban J connectivity index is 2.04. The van der Waals surface area contributed by atoms with Gasteiger partial charge in [0.1, 0.15) is 6.07 Å². The zero-order valence-electron chi connectivity index (χ0n) is 10.4. The Hall–Kier alpha value is -2.06. The SMILES string of the molecule is CN1CCN(n2cc(C#N)c3cccnc32)CC1. The van der Waals surface area contributed by atoms with E-state index in [2.05, 4.69) is 28.0 Å². The molecule has 18 heavy (non-hydrogen) atoms. The highest BCUT2D eigenvalue weighted by molar-refractivity contribution is 5.83. The monoisotopic (exact) mass is 241 g/mol. The Kier molecular flexibility index (Phi) is 2.65. The van der Waals surface area contributed by atoms with Crippen LogP contribution in [0.5, 0.6) is 0 Å². The first-order valence-corrected chi connectivity index (χ1v) is 6.09. The molecule has 0 N–H and O–H groups in total. The fourth-order valence-corrected chi connectivity index (χ4v) is 2.36. The summed E-state index contributed by atoms with van der Waals surface area (Å²) in [6.07, 6.45) is 3.67. The lowest BCUT2D eigenvalue weighted by Crippen LogP contribution is -2.49. The average Bonchev–Trinajstić information content (AvgIpc) is 2.79. The minimum absolute atomic E-state index is 0.692. The summed E-state index contributed by atoms with van der Waals surface area (Å²) in [7, 11) is 2.13. The number of likely N-dealkylation sites (N-methyl/N-ethyl adjacent to an activating group) is 1. The molecule has 1 fully saturated rings. The lowest BCUT2D eigenvalue weighted by atomic mass is 10.2. The van der Waals surface area contributed by atoms with Gasteiger partial charge in [0, 0.05) is 44.0 Å². The molecule has 5 heteroatoms. The van der Waals surface area contributed by atoms with Crippen molar-refractivity contribution in [2.24, 2.45) is 0 Å². The van der Waals surface area contributed by atoms with Crippen LogP contribution in [-0.4, -0.2) is 47.8 Å². The van der Waals surface area contributed by atoms with E-state index in [9.17, 15) is 5.26 Å². The van der Waals surface area contributed by atoms with E-state index in [1.165, 1.54) is 0 Å². The molecule has 1 saturated heterocycles. The third kappa shape index (κ3) is 1.71. The van der Waals surface area contributed by atoms with E-state index in [1.807, 2.05) is 23.0 Å². The van der Waals surface area contributed by atoms with Gasteiger partial charge in [-0.2, -0.15) is 5.26 Å². The van der Waals surface area contributed by atoms with Crippen molar-refractivity contribution in [3.05, 3.63) is 30.1 Å². The molecule has 0 aliphatic carbocycles. The fourth-order valence-electron chi connectivity index (χ4n) is 2.36. The van der Waals surface area contributed by atoms with Gasteiger partial charge in [0.05, 0.1) is 5.56 Å². The average molecular weight is 241 g/mol. The summed E-state index contributed by atoms with van der Waals surface area (Å²) in [5.41, 5.74) is 1.57. The molecule has 3 heterocycles. The van der Waals surface area contributed by atoms with E-state index >= 15 is 0 Å². The third-order valence-corrected chi connectivity index (χ3v) is 3.45. The van der Waals surface area contributed by atoms with Crippen molar-refractivity contribution in [3.8, 4) is 6.07 Å². The van der Waals surface area contributed by atoms with Gasteiger partial charge in [0.15, 0.2) is 5.65 Å². The summed E-state index contributed by atoms with van der Waals surface area (Å²) in [5.74, 6) is 0. The number of aromatic nitrogens is 2. The summed E-state index contributed by atoms with van der Waals surface area (Å²) in [6.45, 7) is 3.99. The number of rotatable bonds is 1. The number of nitrogens with zero attached hydrogens (tertiary/aromatic N) is 5. The summed E-state index contributed by atoms with van der Waals surface area (Å²) in [4.78, 5) is 6.71. The van der Waals surface area contributed by atoms with Gasteiger partial charge in [-0.1, -0.05) is 0 Å². The van der Waals surface area contributed by atoms with Crippen LogP contribution in [-0.2, 0) is 0 Å². The Bertz CT molecular complexity index is 601. The second kappa shape index (κ2) is 4.31. The van der Waals surface area contributed by atoms with Crippen LogP contribution in [0.2, 0.25) is 0 Å². The molecule has 0 unspecified atom stereocenters. The van der Waals surface area contributed by atoms with Crippen molar-refractivity contribution >= 4 is 11.0 Å². The van der Waals surface area contributed by atoms with Gasteiger partial charge >= 0.3 is 0 Å². The maximum atomic E-state index is 9.17. The van der Waals surface area contributed by atoms with E-state index in [4.69, 9.17) is 0 Å². The first-order chi connectivity index (χ1) is 8.79. The number of hydrogen-bond donors (Lipinski definition) is 0. The van der Waals surface area contributed by atoms with Gasteiger partial charge in [-0.05, 0) is 19.2 Å². The summed E-state index contributed by atoms with van der Waals surface area (Å²) in [5, 5.41) is 12.3. The number of piperazine rings is 1. The van der Waals surface area contributed by atoms with Crippen molar-refractivity contribution in [3.63, 3.8) is 0 Å². The Morgan fingerprint density at radius 3 is 2.78 bits per heavy atom. The smallest absolute Gasteiger partial charge is 0.159 e. The van der Waals surface area contributed by atoms with Gasteiger partial charge in [0.25, 0.3) is 0 Å². The first-order valence-electron chi connectivity index (χ1n) is 6.09. The number of fused-ring (bicyclic) bond motifs is 1. The molecular formula is C13H15N5. The van der Waals surface area contributed by atoms with Crippen LogP contribution in [0.1, 0.15) is 5.56 Å². The molecule has 5 nitrogen and oxygen atoms in total. The number of hydrogen-bond acceptors (Lipinski definition) is 4. The molecule has 0 saturated carbocycles. The Morgan fingerprint density at radius 1 is 1.28 bits per heavy atom. The third-order valence-electron chi connectivity index (χ3n) is 3.45. The molecule has 0 spiro atoms. The van der Waals surface area contributed by atoms with Gasteiger partial charge in [-0.25, -0.2) is 9.66 Å². The predicted octanol–water partition coefficient (Wildman–Crippen LogP) is 0.791. The molecule has 0 atom stereocenters. The largest absolute Gasteiger partial charge is 0.309 e. The van der Waals surface area contributed by atoms with E-state index in [0.29, 0.717) is 5.56 Å². The predicted molar refractivity (Wildman–Crippen MR) is 69.9 cm³/mol. The zero-order valence-corrected chi connectivity index (χ0v) is 10.4. The van der Waals surface area contributed by atoms with E-state index in [1.54, 1.807) is 6.20 Å². The topological polar surface area (TPSA) is 48.1 Å². The zero-order chi connectivity index (χ0) is 12.5. The first kappa shape index (κ1) is 11.1. The quantitative estimate of drug-likeness (QED) is 0.740. The molecular weight excluding hydrogens is 226 g/mol. The van der Waals surface area contributed by atoms with Crippen molar-refractivity contribution in [1.82, 2.24) is 14.6 Å². The molecule has 1 aliphatic heterocycles. The normalized spacial score (nSPS) is 17.0. The van der Waals surface area contributed by atoms with Gasteiger partial charge < -0.3 is 9.91 Å². The summed E-state index contributed by atoms with van der Waals surface area (Å²) < 4.78 is 2.03. The van der Waals surface area contributed by atoms with Crippen LogP contribution >= 0.6 is 0 Å². The second-order valence-electron chi connectivity index (χ2n) is 4.63. The summed E-state index contributed by atoms with van der Waals surface area (Å²) in [6, 6.07) is 6.06. The molecule has 3 rings (SSSR count). The molecule has 0 amide bonds. The van der Waals surface area contributed by atoms with Crippen LogP contribution in [0.4, 0.5) is 0 Å². The lowest BCUT2D eigenvalue weighted by molar-refractivity contribution is 0.289. The van der Waals surface area contributed by atoms with E-state index in [-0.39, 0.29) is 0 Å². The van der Waals surface area contributed by atoms with Crippen molar-refractivity contribution in [2.75, 3.05) is 38.2 Å². The highest BCUT2D eigenvalue weighted by Gasteiger charge is 2.18. The maximum absolute atomic E-state index is 9.17. The van der Waals surface area contributed by atoms with E-state index < -0.39 is 0 Å². The van der Waals surface area contributed by atoms with Crippen LogP contribution in [0.15, 0.2) is 24.5 Å². The van der Waals surface area contributed by atoms with Crippen molar-refractivity contribution in [1.29, 1.82) is 5.26 Å². The lowest BCUT2D eigenvalue weighted by Gasteiger charge is -2.34. The standard InChI is InChI=1S/C13H15N5/c1-16-5-7-17(8-6-16)18-10-11(9-14)12-3-2-4-15-13(12)18/h2-4,10H,5-8H2,1H3. The van der Waals surface area contributed by atoms with E-state index in [0.717, 1.165) is 37.2 Å². The molecule has 0 bridgehead atoms. The fraction of sp³-hybridized carbons (Fsp3) is 0.385. The maximum Gasteiger partial charge on any atom is 0.159 e. The number of nitriles is 1. The molecule has 0 radical (unpaired) electrons. The van der Waals surface area contributed by atoms with Crippen molar-refractivity contribution < 1.29 is 0 Å². The Labute approximate surface area is 106 Å². The van der Waals surface area contributed by atoms with Crippen LogP contribution in [0, 0.1) is 11.3 Å². The summed E-state index contributed by atoms with van der Waals surface area (Å²) >= 11 is 0. The minimum atomic E-state index is 0.692. The van der Waals surface area contributed by atoms with Gasteiger partial charge in [-0.15, -0.1) is 0 Å². The Morgan fingerprint density at radius 2 is 2.06 bits per heavy atom. The van der Waals surface area contributed by atoms with Crippen molar-refractivity contribution in [2.45, 2.75) is 0 Å². The van der Waals surface area contributed by atoms with Crippen LogP contribution in [0.3, 0.4) is 0 Å². The molecule has 1 aliphatic rings. The molecule has 2 aromatic rings. The van der Waals surface area contributed by atoms with Gasteiger partial charge in [0.2, 0.25) is 0 Å². The molecule has 92 valence electrons. The van der Waals surface area contributed by atoms with Crippen LogP contribution < -0.4 is 5.01 Å². The second-order valence-corrected chi connectivity index (χ2v) is 4.63. The molecule has 0 aromatic carbocycles.